The Hall–Kier alpha value is -1.12. The number of hydrogen-bond acceptors (Lipinski definition) is 3. The van der Waals surface area contributed by atoms with E-state index in [0.29, 0.717) is 0 Å². The van der Waals surface area contributed by atoms with Gasteiger partial charge in [0.1, 0.15) is 0 Å². The molecule has 0 atom stereocenters. The van der Waals surface area contributed by atoms with Crippen molar-refractivity contribution in [1.82, 2.24) is 0 Å². The van der Waals surface area contributed by atoms with Gasteiger partial charge in [0, 0.05) is 6.92 Å². The number of ketones is 1. The molecule has 0 saturated carbocycles. The smallest absolute Gasteiger partial charge is 0.176 e. The molecule has 0 saturated heterocycles. The van der Waals surface area contributed by atoms with Gasteiger partial charge in [-0.15, -0.1) is 0 Å². The topological polar surface area (TPSA) is 55.4 Å². The fourth-order valence-electron chi connectivity index (χ4n) is 0.189. The SMILES string of the molecule is C=N/C=C(\N)C(C)=O. The molecule has 0 aliphatic carbocycles. The molecule has 8 heavy (non-hydrogen) atoms. The summed E-state index contributed by atoms with van der Waals surface area (Å²) in [5, 5.41) is 0. The molecule has 0 aliphatic rings. The number of nitrogens with two attached hydrogens (primary N) is 1. The summed E-state index contributed by atoms with van der Waals surface area (Å²) >= 11 is 0. The lowest BCUT2D eigenvalue weighted by molar-refractivity contribution is -0.113. The Kier molecular flexibility index (Phi) is 2.54. The van der Waals surface area contributed by atoms with Crippen LogP contribution >= 0.6 is 0 Å². The van der Waals surface area contributed by atoms with Gasteiger partial charge in [-0.3, -0.25) is 9.79 Å². The van der Waals surface area contributed by atoms with Gasteiger partial charge >= 0.3 is 0 Å². The van der Waals surface area contributed by atoms with E-state index in [-0.39, 0.29) is 11.5 Å². The van der Waals surface area contributed by atoms with Crippen LogP contribution in [0.15, 0.2) is 16.9 Å². The second-order valence-electron chi connectivity index (χ2n) is 1.32. The van der Waals surface area contributed by atoms with Crippen LogP contribution in [0.4, 0.5) is 0 Å². The number of nitrogens with zero attached hydrogens (tertiary/aromatic N) is 1. The molecule has 0 bridgehead atoms. The van der Waals surface area contributed by atoms with Crippen LogP contribution in [0.25, 0.3) is 0 Å². The number of hydrogen-bond donors (Lipinski definition) is 1. The van der Waals surface area contributed by atoms with E-state index in [2.05, 4.69) is 11.7 Å². The van der Waals surface area contributed by atoms with Crippen LogP contribution in [-0.4, -0.2) is 12.5 Å². The number of carbonyl (C=O) groups is 1. The van der Waals surface area contributed by atoms with Gasteiger partial charge in [-0.05, 0) is 6.72 Å². The highest BCUT2D eigenvalue weighted by Gasteiger charge is 1.92. The molecule has 0 heterocycles. The average molecular weight is 112 g/mol. The van der Waals surface area contributed by atoms with Gasteiger partial charge in [0.15, 0.2) is 5.78 Å². The van der Waals surface area contributed by atoms with Crippen molar-refractivity contribution in [2.75, 3.05) is 0 Å². The van der Waals surface area contributed by atoms with E-state index in [0.717, 1.165) is 0 Å². The third-order valence-corrected chi connectivity index (χ3v) is 0.637. The Morgan fingerprint density at radius 1 is 1.88 bits per heavy atom. The molecule has 0 aromatic carbocycles. The molecular weight excluding hydrogens is 104 g/mol. The van der Waals surface area contributed by atoms with Crippen molar-refractivity contribution in [3.8, 4) is 0 Å². The Bertz CT molecular complexity index is 137. The summed E-state index contributed by atoms with van der Waals surface area (Å²) in [5.74, 6) is -0.183. The lowest BCUT2D eigenvalue weighted by Gasteiger charge is -1.86. The summed E-state index contributed by atoms with van der Waals surface area (Å²) < 4.78 is 0. The first-order valence-electron chi connectivity index (χ1n) is 2.11. The van der Waals surface area contributed by atoms with Crippen LogP contribution in [0, 0.1) is 0 Å². The minimum absolute atomic E-state index is 0.139. The van der Waals surface area contributed by atoms with Gasteiger partial charge < -0.3 is 5.73 Å². The predicted molar refractivity (Wildman–Crippen MR) is 32.5 cm³/mol. The fourth-order valence-corrected chi connectivity index (χ4v) is 0.189. The largest absolute Gasteiger partial charge is 0.395 e. The van der Waals surface area contributed by atoms with E-state index in [1.54, 1.807) is 0 Å². The van der Waals surface area contributed by atoms with Crippen molar-refractivity contribution in [2.24, 2.45) is 10.7 Å². The van der Waals surface area contributed by atoms with Gasteiger partial charge in [-0.2, -0.15) is 0 Å². The maximum absolute atomic E-state index is 10.3. The van der Waals surface area contributed by atoms with E-state index < -0.39 is 0 Å². The molecule has 0 aromatic heterocycles. The molecule has 0 radical (unpaired) electrons. The zero-order valence-electron chi connectivity index (χ0n) is 4.72. The maximum Gasteiger partial charge on any atom is 0.176 e. The van der Waals surface area contributed by atoms with Gasteiger partial charge in [-0.1, -0.05) is 0 Å². The van der Waals surface area contributed by atoms with Crippen LogP contribution in [0.2, 0.25) is 0 Å². The molecule has 0 aliphatic heterocycles. The van der Waals surface area contributed by atoms with Gasteiger partial charge in [-0.25, -0.2) is 0 Å². The first-order valence-corrected chi connectivity index (χ1v) is 2.11. The monoisotopic (exact) mass is 112 g/mol. The highest BCUT2D eigenvalue weighted by atomic mass is 16.1. The minimum atomic E-state index is -0.183. The zero-order valence-corrected chi connectivity index (χ0v) is 4.72. The third-order valence-electron chi connectivity index (χ3n) is 0.637. The van der Waals surface area contributed by atoms with Crippen molar-refractivity contribution in [1.29, 1.82) is 0 Å². The Morgan fingerprint density at radius 2 is 2.38 bits per heavy atom. The normalized spacial score (nSPS) is 10.9. The van der Waals surface area contributed by atoms with Crippen LogP contribution < -0.4 is 5.73 Å². The Labute approximate surface area is 47.9 Å². The van der Waals surface area contributed by atoms with Crippen LogP contribution in [0.3, 0.4) is 0 Å². The maximum atomic E-state index is 10.3. The number of Topliss-reactive ketones (excluding diaryl/α,β-unsaturated/α-hetero) is 1. The summed E-state index contributed by atoms with van der Waals surface area (Å²) in [6, 6.07) is 0. The van der Waals surface area contributed by atoms with E-state index >= 15 is 0 Å². The fraction of sp³-hybridized carbons (Fsp3) is 0.200. The van der Waals surface area contributed by atoms with E-state index in [1.165, 1.54) is 13.1 Å². The molecule has 3 heteroatoms. The van der Waals surface area contributed by atoms with Crippen LogP contribution in [-0.2, 0) is 4.79 Å². The first kappa shape index (κ1) is 6.88. The molecule has 0 fully saturated rings. The van der Waals surface area contributed by atoms with Crippen molar-refractivity contribution in [2.45, 2.75) is 6.92 Å². The highest BCUT2D eigenvalue weighted by Crippen LogP contribution is 1.83. The third kappa shape index (κ3) is 2.12. The lowest BCUT2D eigenvalue weighted by atomic mass is 10.3. The number of rotatable bonds is 2. The molecule has 0 amide bonds. The molecule has 2 N–H and O–H groups in total. The average Bonchev–Trinajstić information content (AvgIpc) is 1.67. The second kappa shape index (κ2) is 2.96. The summed E-state index contributed by atoms with van der Waals surface area (Å²) in [7, 11) is 0. The van der Waals surface area contributed by atoms with Crippen molar-refractivity contribution in [3.05, 3.63) is 11.9 Å². The van der Waals surface area contributed by atoms with Gasteiger partial charge in [0.05, 0.1) is 11.9 Å². The summed E-state index contributed by atoms with van der Waals surface area (Å²) in [6.07, 6.45) is 1.22. The van der Waals surface area contributed by atoms with Crippen molar-refractivity contribution >= 4 is 12.5 Å². The lowest BCUT2D eigenvalue weighted by Crippen LogP contribution is -2.05. The van der Waals surface area contributed by atoms with Crippen LogP contribution in [0.1, 0.15) is 6.92 Å². The zero-order chi connectivity index (χ0) is 6.57. The molecule has 0 spiro atoms. The molecule has 0 rings (SSSR count). The number of carbonyl (C=O) groups excluding carboxylic acids is 1. The Morgan fingerprint density at radius 3 is 2.50 bits per heavy atom. The van der Waals surface area contributed by atoms with Crippen molar-refractivity contribution < 1.29 is 4.79 Å². The summed E-state index contributed by atoms with van der Waals surface area (Å²) in [6.45, 7) is 4.50. The number of aliphatic imine (C=N–C) groups is 1. The predicted octanol–water partition coefficient (Wildman–Crippen LogP) is 0.0761. The molecule has 0 aromatic rings. The van der Waals surface area contributed by atoms with Crippen LogP contribution in [0.5, 0.6) is 0 Å². The quantitative estimate of drug-likeness (QED) is 0.406. The summed E-state index contributed by atoms with van der Waals surface area (Å²) in [5.41, 5.74) is 5.24. The highest BCUT2D eigenvalue weighted by molar-refractivity contribution is 5.92. The molecule has 0 unspecified atom stereocenters. The molecule has 3 nitrogen and oxygen atoms in total. The van der Waals surface area contributed by atoms with E-state index in [4.69, 9.17) is 5.73 Å². The molecular formula is C5H8N2O. The van der Waals surface area contributed by atoms with Crippen molar-refractivity contribution in [3.63, 3.8) is 0 Å². The Balaban J connectivity index is 3.99. The van der Waals surface area contributed by atoms with E-state index in [1.807, 2.05) is 0 Å². The standard InChI is InChI=1S/C5H8N2O/c1-4(8)5(6)3-7-2/h3H,2,6H2,1H3/b5-3-. The van der Waals surface area contributed by atoms with E-state index in [9.17, 15) is 4.79 Å². The second-order valence-corrected chi connectivity index (χ2v) is 1.32. The first-order chi connectivity index (χ1) is 3.68. The summed E-state index contributed by atoms with van der Waals surface area (Å²) in [4.78, 5) is 13.6. The van der Waals surface area contributed by atoms with Gasteiger partial charge in [0.25, 0.3) is 0 Å². The minimum Gasteiger partial charge on any atom is -0.395 e. The van der Waals surface area contributed by atoms with Gasteiger partial charge in [0.2, 0.25) is 0 Å². The number of allylic oxidation sites excluding steroid dienone is 1. The molecule has 44 valence electrons.